The highest BCUT2D eigenvalue weighted by Crippen LogP contribution is 2.10. The van der Waals surface area contributed by atoms with Gasteiger partial charge in [-0.25, -0.2) is 4.79 Å². The maximum Gasteiger partial charge on any atom is 0.344 e. The van der Waals surface area contributed by atoms with Crippen LogP contribution in [0.5, 0.6) is 0 Å². The van der Waals surface area contributed by atoms with Crippen molar-refractivity contribution < 1.29 is 19.1 Å². The Morgan fingerprint density at radius 2 is 1.81 bits per heavy atom. The number of benzene rings is 1. The van der Waals surface area contributed by atoms with Crippen LogP contribution in [-0.2, 0) is 25.7 Å². The van der Waals surface area contributed by atoms with Crippen molar-refractivity contribution in [3.63, 3.8) is 0 Å². The maximum atomic E-state index is 11.1. The average Bonchev–Trinajstić information content (AvgIpc) is 2.25. The SMILES string of the molecule is CC(=O)OCC(=O)OCc1ccc(Cl)cc1. The van der Waals surface area contributed by atoms with E-state index in [1.807, 2.05) is 0 Å². The molecule has 0 atom stereocenters. The first-order chi connectivity index (χ1) is 7.58. The summed E-state index contributed by atoms with van der Waals surface area (Å²) in [6.07, 6.45) is 0. The van der Waals surface area contributed by atoms with Gasteiger partial charge in [0.2, 0.25) is 0 Å². The second-order valence-corrected chi connectivity index (χ2v) is 3.50. The predicted molar refractivity (Wildman–Crippen MR) is 57.9 cm³/mol. The second kappa shape index (κ2) is 6.12. The van der Waals surface area contributed by atoms with E-state index in [0.717, 1.165) is 5.56 Å². The molecule has 1 aromatic carbocycles. The van der Waals surface area contributed by atoms with Crippen LogP contribution in [0, 0.1) is 0 Å². The third-order valence-electron chi connectivity index (χ3n) is 1.71. The molecule has 0 spiro atoms. The van der Waals surface area contributed by atoms with Crippen LogP contribution in [0.4, 0.5) is 0 Å². The molecule has 0 saturated carbocycles. The summed E-state index contributed by atoms with van der Waals surface area (Å²) in [6, 6.07) is 6.91. The number of carbonyl (C=O) groups excluding carboxylic acids is 2. The quantitative estimate of drug-likeness (QED) is 0.758. The van der Waals surface area contributed by atoms with E-state index >= 15 is 0 Å². The van der Waals surface area contributed by atoms with Gasteiger partial charge in [0.25, 0.3) is 0 Å². The Morgan fingerprint density at radius 3 is 2.38 bits per heavy atom. The summed E-state index contributed by atoms with van der Waals surface area (Å²) in [5.41, 5.74) is 0.820. The fraction of sp³-hybridized carbons (Fsp3) is 0.273. The van der Waals surface area contributed by atoms with E-state index in [1.54, 1.807) is 24.3 Å². The molecular weight excluding hydrogens is 232 g/mol. The lowest BCUT2D eigenvalue weighted by Crippen LogP contribution is -2.14. The molecule has 0 heterocycles. The van der Waals surface area contributed by atoms with Crippen LogP contribution in [-0.4, -0.2) is 18.5 Å². The van der Waals surface area contributed by atoms with Gasteiger partial charge >= 0.3 is 11.9 Å². The van der Waals surface area contributed by atoms with Gasteiger partial charge in [-0.15, -0.1) is 0 Å². The minimum atomic E-state index is -0.579. The Bertz CT molecular complexity index is 372. The zero-order valence-corrected chi connectivity index (χ0v) is 9.49. The summed E-state index contributed by atoms with van der Waals surface area (Å²) in [7, 11) is 0. The van der Waals surface area contributed by atoms with E-state index in [4.69, 9.17) is 16.3 Å². The van der Waals surface area contributed by atoms with Gasteiger partial charge in [-0.05, 0) is 17.7 Å². The normalized spacial score (nSPS) is 9.62. The summed E-state index contributed by atoms with van der Waals surface area (Å²) in [6.45, 7) is 1.01. The standard InChI is InChI=1S/C11H11ClO4/c1-8(13)15-7-11(14)16-6-9-2-4-10(12)5-3-9/h2-5H,6-7H2,1H3. The fourth-order valence-electron chi connectivity index (χ4n) is 0.947. The first-order valence-electron chi connectivity index (χ1n) is 4.61. The van der Waals surface area contributed by atoms with Crippen LogP contribution in [0.1, 0.15) is 12.5 Å². The number of hydrogen-bond acceptors (Lipinski definition) is 4. The number of halogens is 1. The molecule has 0 saturated heterocycles. The molecule has 0 bridgehead atoms. The van der Waals surface area contributed by atoms with E-state index in [0.29, 0.717) is 5.02 Å². The molecule has 16 heavy (non-hydrogen) atoms. The van der Waals surface area contributed by atoms with E-state index in [2.05, 4.69) is 4.74 Å². The second-order valence-electron chi connectivity index (χ2n) is 3.07. The van der Waals surface area contributed by atoms with Crippen molar-refractivity contribution in [2.75, 3.05) is 6.61 Å². The minimum absolute atomic E-state index is 0.136. The van der Waals surface area contributed by atoms with E-state index in [1.165, 1.54) is 6.92 Å². The largest absolute Gasteiger partial charge is 0.458 e. The van der Waals surface area contributed by atoms with Crippen molar-refractivity contribution in [2.24, 2.45) is 0 Å². The Labute approximate surface area is 98.1 Å². The van der Waals surface area contributed by atoms with E-state index in [-0.39, 0.29) is 13.2 Å². The molecule has 0 aliphatic heterocycles. The maximum absolute atomic E-state index is 11.1. The van der Waals surface area contributed by atoms with Crippen LogP contribution in [0.2, 0.25) is 5.02 Å². The lowest BCUT2D eigenvalue weighted by atomic mass is 10.2. The van der Waals surface area contributed by atoms with Crippen molar-refractivity contribution in [3.8, 4) is 0 Å². The number of hydrogen-bond donors (Lipinski definition) is 0. The predicted octanol–water partition coefficient (Wildman–Crippen LogP) is 1.95. The van der Waals surface area contributed by atoms with Crippen LogP contribution in [0.15, 0.2) is 24.3 Å². The number of ether oxygens (including phenoxy) is 2. The smallest absolute Gasteiger partial charge is 0.344 e. The zero-order valence-electron chi connectivity index (χ0n) is 8.73. The van der Waals surface area contributed by atoms with Crippen LogP contribution >= 0.6 is 11.6 Å². The Hall–Kier alpha value is -1.55. The average molecular weight is 243 g/mol. The van der Waals surface area contributed by atoms with Gasteiger partial charge in [0.05, 0.1) is 0 Å². The Kier molecular flexibility index (Phi) is 4.79. The first-order valence-corrected chi connectivity index (χ1v) is 4.99. The first kappa shape index (κ1) is 12.5. The van der Waals surface area contributed by atoms with Crippen molar-refractivity contribution in [1.82, 2.24) is 0 Å². The highest BCUT2D eigenvalue weighted by Gasteiger charge is 2.05. The fourth-order valence-corrected chi connectivity index (χ4v) is 1.07. The lowest BCUT2D eigenvalue weighted by molar-refractivity contribution is -0.158. The summed E-state index contributed by atoms with van der Waals surface area (Å²) in [5, 5.41) is 0.620. The van der Waals surface area contributed by atoms with Crippen molar-refractivity contribution in [1.29, 1.82) is 0 Å². The molecule has 1 rings (SSSR count). The highest BCUT2D eigenvalue weighted by atomic mass is 35.5. The molecule has 0 aromatic heterocycles. The van der Waals surface area contributed by atoms with Gasteiger partial charge in [-0.1, -0.05) is 23.7 Å². The topological polar surface area (TPSA) is 52.6 Å². The Balaban J connectivity index is 2.31. The molecule has 4 nitrogen and oxygen atoms in total. The molecule has 86 valence electrons. The molecule has 0 amide bonds. The summed E-state index contributed by atoms with van der Waals surface area (Å²) < 4.78 is 9.34. The van der Waals surface area contributed by atoms with E-state index in [9.17, 15) is 9.59 Å². The highest BCUT2D eigenvalue weighted by molar-refractivity contribution is 6.30. The molecule has 1 aromatic rings. The third-order valence-corrected chi connectivity index (χ3v) is 1.96. The van der Waals surface area contributed by atoms with Gasteiger partial charge in [0.15, 0.2) is 6.61 Å². The molecule has 0 fully saturated rings. The molecule has 0 aliphatic carbocycles. The molecular formula is C11H11ClO4. The van der Waals surface area contributed by atoms with Crippen LogP contribution in [0.25, 0.3) is 0 Å². The van der Waals surface area contributed by atoms with Gasteiger partial charge in [0.1, 0.15) is 6.61 Å². The number of rotatable bonds is 4. The summed E-state index contributed by atoms with van der Waals surface area (Å²) in [5.74, 6) is -1.09. The molecule has 0 radical (unpaired) electrons. The van der Waals surface area contributed by atoms with Crippen LogP contribution in [0.3, 0.4) is 0 Å². The molecule has 0 N–H and O–H groups in total. The van der Waals surface area contributed by atoms with Crippen molar-refractivity contribution >= 4 is 23.5 Å². The van der Waals surface area contributed by atoms with Gasteiger partial charge in [-0.3, -0.25) is 4.79 Å². The molecule has 0 unspecified atom stereocenters. The third kappa shape index (κ3) is 4.79. The number of esters is 2. The summed E-state index contributed by atoms with van der Waals surface area (Å²) in [4.78, 5) is 21.5. The van der Waals surface area contributed by atoms with Gasteiger partial charge < -0.3 is 9.47 Å². The number of carbonyl (C=O) groups is 2. The lowest BCUT2D eigenvalue weighted by Gasteiger charge is -2.04. The summed E-state index contributed by atoms with van der Waals surface area (Å²) >= 11 is 5.69. The van der Waals surface area contributed by atoms with Gasteiger partial charge in [0, 0.05) is 11.9 Å². The minimum Gasteiger partial charge on any atom is -0.458 e. The molecule has 0 aliphatic rings. The zero-order chi connectivity index (χ0) is 12.0. The van der Waals surface area contributed by atoms with Crippen molar-refractivity contribution in [2.45, 2.75) is 13.5 Å². The van der Waals surface area contributed by atoms with Gasteiger partial charge in [-0.2, -0.15) is 0 Å². The Morgan fingerprint density at radius 1 is 1.19 bits per heavy atom. The van der Waals surface area contributed by atoms with Crippen molar-refractivity contribution in [3.05, 3.63) is 34.9 Å². The monoisotopic (exact) mass is 242 g/mol. The molecule has 5 heteroatoms. The van der Waals surface area contributed by atoms with Crippen LogP contribution < -0.4 is 0 Å². The van der Waals surface area contributed by atoms with E-state index < -0.39 is 11.9 Å².